The van der Waals surface area contributed by atoms with Crippen molar-refractivity contribution in [3.05, 3.63) is 23.8 Å². The predicted octanol–water partition coefficient (Wildman–Crippen LogP) is 1.53. The molecular formula is C12H13N3O3. The number of aromatic amines is 1. The van der Waals surface area contributed by atoms with Gasteiger partial charge in [0.1, 0.15) is 5.82 Å². The number of benzene rings is 1. The fraction of sp³-hybridized carbons (Fsp3) is 0.250. The minimum atomic E-state index is 0.246. The van der Waals surface area contributed by atoms with Gasteiger partial charge in [0.25, 0.3) is 0 Å². The number of hydrogen-bond acceptors (Lipinski definition) is 5. The van der Waals surface area contributed by atoms with E-state index < -0.39 is 0 Å². The maximum absolute atomic E-state index is 5.62. The second-order valence-corrected chi connectivity index (χ2v) is 4.00. The van der Waals surface area contributed by atoms with Crippen LogP contribution >= 0.6 is 0 Å². The minimum Gasteiger partial charge on any atom is -0.454 e. The number of anilines is 1. The van der Waals surface area contributed by atoms with Crippen molar-refractivity contribution in [3.63, 3.8) is 0 Å². The van der Waals surface area contributed by atoms with E-state index in [0.717, 1.165) is 28.3 Å². The Kier molecular flexibility index (Phi) is 2.56. The van der Waals surface area contributed by atoms with Gasteiger partial charge < -0.3 is 19.9 Å². The molecule has 0 unspecified atom stereocenters. The van der Waals surface area contributed by atoms with E-state index in [4.69, 9.17) is 19.9 Å². The summed E-state index contributed by atoms with van der Waals surface area (Å²) < 4.78 is 15.9. The molecule has 2 heterocycles. The van der Waals surface area contributed by atoms with Crippen molar-refractivity contribution in [2.24, 2.45) is 0 Å². The predicted molar refractivity (Wildman–Crippen MR) is 65.3 cm³/mol. The monoisotopic (exact) mass is 247 g/mol. The number of nitrogens with one attached hydrogen (secondary N) is 1. The van der Waals surface area contributed by atoms with Crippen LogP contribution in [0.1, 0.15) is 5.56 Å². The van der Waals surface area contributed by atoms with Crippen molar-refractivity contribution < 1.29 is 14.2 Å². The van der Waals surface area contributed by atoms with Crippen LogP contribution in [0.25, 0.3) is 11.3 Å². The van der Waals surface area contributed by atoms with Crippen LogP contribution in [0, 0.1) is 0 Å². The van der Waals surface area contributed by atoms with Crippen molar-refractivity contribution in [3.8, 4) is 22.8 Å². The second kappa shape index (κ2) is 4.23. The van der Waals surface area contributed by atoms with Gasteiger partial charge in [-0.3, -0.25) is 5.10 Å². The highest BCUT2D eigenvalue weighted by Gasteiger charge is 2.18. The lowest BCUT2D eigenvalue weighted by atomic mass is 10.0. The summed E-state index contributed by atoms with van der Waals surface area (Å²) in [5.74, 6) is 1.90. The van der Waals surface area contributed by atoms with Gasteiger partial charge in [0.05, 0.1) is 12.3 Å². The van der Waals surface area contributed by atoms with Crippen LogP contribution in [0.4, 0.5) is 5.82 Å². The molecule has 6 heteroatoms. The van der Waals surface area contributed by atoms with Gasteiger partial charge in [0.2, 0.25) is 6.79 Å². The molecule has 1 aliphatic rings. The lowest BCUT2D eigenvalue weighted by molar-refractivity contribution is 0.173. The second-order valence-electron chi connectivity index (χ2n) is 4.00. The number of fused-ring (bicyclic) bond motifs is 1. The van der Waals surface area contributed by atoms with Gasteiger partial charge in [0.15, 0.2) is 11.5 Å². The first-order valence-electron chi connectivity index (χ1n) is 5.50. The van der Waals surface area contributed by atoms with E-state index in [1.165, 1.54) is 0 Å². The molecule has 1 aliphatic heterocycles. The Morgan fingerprint density at radius 2 is 2.11 bits per heavy atom. The number of aromatic nitrogens is 2. The van der Waals surface area contributed by atoms with Crippen LogP contribution in [0.2, 0.25) is 0 Å². The summed E-state index contributed by atoms with van der Waals surface area (Å²) in [6, 6.07) is 5.60. The highest BCUT2D eigenvalue weighted by Crippen LogP contribution is 2.38. The van der Waals surface area contributed by atoms with E-state index in [1.54, 1.807) is 13.2 Å². The molecule has 0 amide bonds. The summed E-state index contributed by atoms with van der Waals surface area (Å²) in [6.07, 6.45) is 0. The molecule has 0 spiro atoms. The van der Waals surface area contributed by atoms with Crippen molar-refractivity contribution in [1.82, 2.24) is 10.2 Å². The lowest BCUT2D eigenvalue weighted by Crippen LogP contribution is -1.93. The summed E-state index contributed by atoms with van der Waals surface area (Å²) in [6.45, 7) is 0.723. The van der Waals surface area contributed by atoms with Crippen LogP contribution in [-0.4, -0.2) is 24.1 Å². The first kappa shape index (κ1) is 10.9. The molecule has 3 rings (SSSR count). The number of nitrogen functional groups attached to an aromatic ring is 1. The first-order valence-corrected chi connectivity index (χ1v) is 5.50. The Morgan fingerprint density at radius 3 is 2.78 bits per heavy atom. The van der Waals surface area contributed by atoms with Crippen molar-refractivity contribution >= 4 is 5.82 Å². The standard InChI is InChI=1S/C12H13N3O3/c1-16-5-7-2-10-11(18-6-17-10)3-8(7)9-4-12(13)15-14-9/h2-4H,5-6H2,1H3,(H3,13,14,15). The molecule has 2 aromatic rings. The average Bonchev–Trinajstić information content (AvgIpc) is 2.96. The molecule has 1 aromatic heterocycles. The molecule has 18 heavy (non-hydrogen) atoms. The normalized spacial score (nSPS) is 12.9. The topological polar surface area (TPSA) is 82.4 Å². The summed E-state index contributed by atoms with van der Waals surface area (Å²) in [5, 5.41) is 6.81. The van der Waals surface area contributed by atoms with Crippen LogP contribution in [0.5, 0.6) is 11.5 Å². The summed E-state index contributed by atoms with van der Waals surface area (Å²) >= 11 is 0. The van der Waals surface area contributed by atoms with E-state index in [-0.39, 0.29) is 6.79 Å². The quantitative estimate of drug-likeness (QED) is 0.859. The summed E-state index contributed by atoms with van der Waals surface area (Å²) in [7, 11) is 1.65. The first-order chi connectivity index (χ1) is 8.78. The molecule has 94 valence electrons. The Morgan fingerprint density at radius 1 is 1.33 bits per heavy atom. The van der Waals surface area contributed by atoms with Gasteiger partial charge in [-0.1, -0.05) is 0 Å². The van der Waals surface area contributed by atoms with Crippen LogP contribution in [-0.2, 0) is 11.3 Å². The highest BCUT2D eigenvalue weighted by molar-refractivity contribution is 5.70. The zero-order valence-electron chi connectivity index (χ0n) is 9.90. The summed E-state index contributed by atoms with van der Waals surface area (Å²) in [4.78, 5) is 0. The number of nitrogens with two attached hydrogens (primary N) is 1. The number of nitrogens with zero attached hydrogens (tertiary/aromatic N) is 1. The maximum Gasteiger partial charge on any atom is 0.231 e. The number of H-pyrrole nitrogens is 1. The van der Waals surface area contributed by atoms with E-state index in [0.29, 0.717) is 12.4 Å². The molecule has 1 aromatic carbocycles. The Hall–Kier alpha value is -2.21. The van der Waals surface area contributed by atoms with Gasteiger partial charge in [-0.25, -0.2) is 0 Å². The van der Waals surface area contributed by atoms with E-state index in [2.05, 4.69) is 10.2 Å². The van der Waals surface area contributed by atoms with Gasteiger partial charge in [-0.05, 0) is 17.7 Å². The molecule has 0 bridgehead atoms. The van der Waals surface area contributed by atoms with Crippen LogP contribution in [0.15, 0.2) is 18.2 Å². The molecule has 0 saturated carbocycles. The third-order valence-electron chi connectivity index (χ3n) is 2.79. The van der Waals surface area contributed by atoms with Crippen molar-refractivity contribution in [1.29, 1.82) is 0 Å². The highest BCUT2D eigenvalue weighted by atomic mass is 16.7. The Labute approximate surface area is 104 Å². The Balaban J connectivity index is 2.11. The third-order valence-corrected chi connectivity index (χ3v) is 2.79. The van der Waals surface area contributed by atoms with Gasteiger partial charge in [-0.2, -0.15) is 5.10 Å². The molecule has 0 saturated heterocycles. The van der Waals surface area contributed by atoms with Crippen molar-refractivity contribution in [2.75, 3.05) is 19.6 Å². The zero-order valence-corrected chi connectivity index (χ0v) is 9.90. The molecule has 0 fully saturated rings. The van der Waals surface area contributed by atoms with Crippen LogP contribution < -0.4 is 15.2 Å². The lowest BCUT2D eigenvalue weighted by Gasteiger charge is -2.08. The molecular weight excluding hydrogens is 234 g/mol. The number of rotatable bonds is 3. The van der Waals surface area contributed by atoms with Crippen molar-refractivity contribution in [2.45, 2.75) is 6.61 Å². The fourth-order valence-electron chi connectivity index (χ4n) is 1.98. The maximum atomic E-state index is 5.62. The van der Waals surface area contributed by atoms with Gasteiger partial charge in [-0.15, -0.1) is 0 Å². The molecule has 0 radical (unpaired) electrons. The minimum absolute atomic E-state index is 0.246. The van der Waals surface area contributed by atoms with E-state index in [1.807, 2.05) is 12.1 Å². The molecule has 6 nitrogen and oxygen atoms in total. The fourth-order valence-corrected chi connectivity index (χ4v) is 1.98. The van der Waals surface area contributed by atoms with E-state index in [9.17, 15) is 0 Å². The zero-order chi connectivity index (χ0) is 12.5. The van der Waals surface area contributed by atoms with E-state index >= 15 is 0 Å². The molecule has 0 atom stereocenters. The SMILES string of the molecule is COCc1cc2c(cc1-c1cc(N)n[nH]1)OCO2. The number of hydrogen-bond donors (Lipinski definition) is 2. The van der Waals surface area contributed by atoms with Gasteiger partial charge >= 0.3 is 0 Å². The van der Waals surface area contributed by atoms with Crippen LogP contribution in [0.3, 0.4) is 0 Å². The number of ether oxygens (including phenoxy) is 3. The molecule has 3 N–H and O–H groups in total. The molecule has 0 aliphatic carbocycles. The Bertz CT molecular complexity index is 580. The largest absolute Gasteiger partial charge is 0.454 e. The van der Waals surface area contributed by atoms with Gasteiger partial charge in [0, 0.05) is 18.7 Å². The number of methoxy groups -OCH3 is 1. The smallest absolute Gasteiger partial charge is 0.231 e. The summed E-state index contributed by atoms with van der Waals surface area (Å²) in [5.41, 5.74) is 8.40. The average molecular weight is 247 g/mol. The third kappa shape index (κ3) is 1.76.